The average molecular weight is 321 g/mol. The number of nitrogens with one attached hydrogen (secondary N) is 2. The summed E-state index contributed by atoms with van der Waals surface area (Å²) in [6.45, 7) is 0. The fraction of sp³-hybridized carbons (Fsp3) is 0.533. The summed E-state index contributed by atoms with van der Waals surface area (Å²) in [5.74, 6) is 1.70. The van der Waals surface area contributed by atoms with Crippen molar-refractivity contribution < 1.29 is 4.79 Å². The topological polar surface area (TPSA) is 41.1 Å². The van der Waals surface area contributed by atoms with Crippen LogP contribution in [0.4, 0.5) is 5.69 Å². The minimum Gasteiger partial charge on any atom is -0.324 e. The van der Waals surface area contributed by atoms with Gasteiger partial charge in [0.15, 0.2) is 0 Å². The van der Waals surface area contributed by atoms with Crippen molar-refractivity contribution in [2.45, 2.75) is 37.8 Å². The van der Waals surface area contributed by atoms with Crippen LogP contribution in [-0.4, -0.2) is 11.9 Å². The van der Waals surface area contributed by atoms with E-state index in [1.54, 1.807) is 0 Å². The Morgan fingerprint density at radius 2 is 1.89 bits per heavy atom. The highest BCUT2D eigenvalue weighted by atomic mass is 79.9. The van der Waals surface area contributed by atoms with Gasteiger partial charge in [-0.05, 0) is 55.7 Å². The van der Waals surface area contributed by atoms with E-state index in [4.69, 9.17) is 0 Å². The average Bonchev–Trinajstić information content (AvgIpc) is 3.25. The van der Waals surface area contributed by atoms with E-state index in [1.807, 2.05) is 12.1 Å². The van der Waals surface area contributed by atoms with Crippen LogP contribution in [-0.2, 0) is 4.79 Å². The number of carbonyl (C=O) groups excluding carboxylic acids is 1. The maximum Gasteiger partial charge on any atom is 0.246 e. The molecule has 1 aliphatic heterocycles. The Hall–Kier alpha value is -0.870. The molecule has 4 heteroatoms. The van der Waals surface area contributed by atoms with Gasteiger partial charge in [-0.15, -0.1) is 0 Å². The highest BCUT2D eigenvalue weighted by molar-refractivity contribution is 9.10. The van der Waals surface area contributed by atoms with Gasteiger partial charge >= 0.3 is 0 Å². The fourth-order valence-corrected chi connectivity index (χ4v) is 3.54. The minimum atomic E-state index is -0.168. The molecule has 3 aliphatic rings. The van der Waals surface area contributed by atoms with Crippen molar-refractivity contribution in [3.63, 3.8) is 0 Å². The fourth-order valence-electron chi connectivity index (χ4n) is 3.16. The Balaban J connectivity index is 1.60. The van der Waals surface area contributed by atoms with E-state index in [2.05, 4.69) is 32.6 Å². The molecule has 2 fully saturated rings. The van der Waals surface area contributed by atoms with E-state index in [-0.39, 0.29) is 11.9 Å². The van der Waals surface area contributed by atoms with E-state index in [0.29, 0.717) is 6.04 Å². The van der Waals surface area contributed by atoms with E-state index in [0.717, 1.165) is 27.6 Å². The van der Waals surface area contributed by atoms with Crippen LogP contribution in [0.2, 0.25) is 0 Å². The molecule has 0 saturated heterocycles. The first-order valence-corrected chi connectivity index (χ1v) is 7.88. The molecule has 100 valence electrons. The van der Waals surface area contributed by atoms with Crippen molar-refractivity contribution in [2.24, 2.45) is 11.8 Å². The predicted octanol–water partition coefficient (Wildman–Crippen LogP) is 3.22. The van der Waals surface area contributed by atoms with Crippen LogP contribution in [0.5, 0.6) is 0 Å². The van der Waals surface area contributed by atoms with Gasteiger partial charge < -0.3 is 5.32 Å². The molecule has 1 heterocycles. The smallest absolute Gasteiger partial charge is 0.246 e. The highest BCUT2D eigenvalue weighted by Crippen LogP contribution is 2.46. The lowest BCUT2D eigenvalue weighted by atomic mass is 10.0. The molecule has 19 heavy (non-hydrogen) atoms. The zero-order valence-electron chi connectivity index (χ0n) is 10.7. The monoisotopic (exact) mass is 320 g/mol. The van der Waals surface area contributed by atoms with Crippen molar-refractivity contribution in [1.29, 1.82) is 0 Å². The molecule has 0 bridgehead atoms. The first-order chi connectivity index (χ1) is 9.22. The van der Waals surface area contributed by atoms with Crippen LogP contribution in [0.1, 0.15) is 37.3 Å². The number of hydrogen-bond donors (Lipinski definition) is 2. The van der Waals surface area contributed by atoms with Gasteiger partial charge in [-0.25, -0.2) is 0 Å². The zero-order chi connectivity index (χ0) is 13.0. The normalized spacial score (nSPS) is 25.6. The van der Waals surface area contributed by atoms with Crippen molar-refractivity contribution in [1.82, 2.24) is 5.32 Å². The minimum absolute atomic E-state index is 0.0967. The molecular formula is C15H17BrN2O. The van der Waals surface area contributed by atoms with Gasteiger partial charge in [0.1, 0.15) is 6.04 Å². The third kappa shape index (κ3) is 2.21. The first kappa shape index (κ1) is 11.9. The second-order valence-corrected chi connectivity index (χ2v) is 6.94. The maximum absolute atomic E-state index is 12.2. The van der Waals surface area contributed by atoms with E-state index in [9.17, 15) is 4.79 Å². The second kappa shape index (κ2) is 4.32. The SMILES string of the molecule is O=C1Nc2ccc(Br)cc2C1NC(C1CC1)C1CC1. The second-order valence-electron chi connectivity index (χ2n) is 6.02. The Kier molecular flexibility index (Phi) is 2.71. The summed E-state index contributed by atoms with van der Waals surface area (Å²) in [5, 5.41) is 6.62. The van der Waals surface area contributed by atoms with E-state index < -0.39 is 0 Å². The summed E-state index contributed by atoms with van der Waals surface area (Å²) >= 11 is 3.49. The van der Waals surface area contributed by atoms with Crippen LogP contribution in [0.15, 0.2) is 22.7 Å². The van der Waals surface area contributed by atoms with Crippen LogP contribution in [0, 0.1) is 11.8 Å². The number of carbonyl (C=O) groups is 1. The molecule has 1 aromatic rings. The Bertz CT molecular complexity index is 525. The Morgan fingerprint density at radius 3 is 2.53 bits per heavy atom. The number of benzene rings is 1. The zero-order valence-corrected chi connectivity index (χ0v) is 12.2. The summed E-state index contributed by atoms with van der Waals surface area (Å²) in [5.41, 5.74) is 2.04. The van der Waals surface area contributed by atoms with Gasteiger partial charge in [0.05, 0.1) is 0 Å². The summed E-state index contributed by atoms with van der Waals surface area (Å²) < 4.78 is 1.03. The summed E-state index contributed by atoms with van der Waals surface area (Å²) in [7, 11) is 0. The molecule has 1 aromatic carbocycles. The molecule has 2 N–H and O–H groups in total. The van der Waals surface area contributed by atoms with Gasteiger partial charge in [-0.1, -0.05) is 15.9 Å². The molecule has 0 aromatic heterocycles. The lowest BCUT2D eigenvalue weighted by molar-refractivity contribution is -0.117. The lowest BCUT2D eigenvalue weighted by Gasteiger charge is -2.22. The third-order valence-corrected chi connectivity index (χ3v) is 4.96. The highest BCUT2D eigenvalue weighted by Gasteiger charge is 2.44. The number of halogens is 1. The van der Waals surface area contributed by atoms with Crippen LogP contribution in [0.3, 0.4) is 0 Å². The summed E-state index contributed by atoms with van der Waals surface area (Å²) in [4.78, 5) is 12.2. The largest absolute Gasteiger partial charge is 0.324 e. The lowest BCUT2D eigenvalue weighted by Crippen LogP contribution is -2.39. The summed E-state index contributed by atoms with van der Waals surface area (Å²) in [6, 6.07) is 6.38. The Morgan fingerprint density at radius 1 is 1.21 bits per heavy atom. The van der Waals surface area contributed by atoms with Crippen molar-refractivity contribution in [2.75, 3.05) is 5.32 Å². The van der Waals surface area contributed by atoms with Crippen LogP contribution in [0.25, 0.3) is 0 Å². The molecule has 2 aliphatic carbocycles. The molecular weight excluding hydrogens is 304 g/mol. The van der Waals surface area contributed by atoms with Gasteiger partial charge in [0, 0.05) is 21.8 Å². The van der Waals surface area contributed by atoms with Gasteiger partial charge in [-0.2, -0.15) is 0 Å². The maximum atomic E-state index is 12.2. The molecule has 0 radical (unpaired) electrons. The van der Waals surface area contributed by atoms with Crippen LogP contribution < -0.4 is 10.6 Å². The van der Waals surface area contributed by atoms with Crippen molar-refractivity contribution >= 4 is 27.5 Å². The number of hydrogen-bond acceptors (Lipinski definition) is 2. The standard InChI is InChI=1S/C15H17BrN2O/c16-10-5-6-12-11(7-10)14(15(19)17-12)18-13(8-1-2-8)9-3-4-9/h5-9,13-14,18H,1-4H2,(H,17,19). The van der Waals surface area contributed by atoms with Crippen molar-refractivity contribution in [3.05, 3.63) is 28.2 Å². The van der Waals surface area contributed by atoms with Gasteiger partial charge in [0.2, 0.25) is 5.91 Å². The molecule has 1 atom stereocenters. The number of fused-ring (bicyclic) bond motifs is 1. The number of anilines is 1. The predicted molar refractivity (Wildman–Crippen MR) is 77.9 cm³/mol. The van der Waals surface area contributed by atoms with E-state index in [1.165, 1.54) is 25.7 Å². The quantitative estimate of drug-likeness (QED) is 0.894. The van der Waals surface area contributed by atoms with Gasteiger partial charge in [-0.3, -0.25) is 10.1 Å². The van der Waals surface area contributed by atoms with E-state index >= 15 is 0 Å². The number of rotatable bonds is 4. The molecule has 1 amide bonds. The molecule has 1 unspecified atom stereocenters. The molecule has 3 nitrogen and oxygen atoms in total. The summed E-state index contributed by atoms with van der Waals surface area (Å²) in [6.07, 6.45) is 5.31. The molecule has 0 spiro atoms. The van der Waals surface area contributed by atoms with Gasteiger partial charge in [0.25, 0.3) is 0 Å². The Labute approximate surface area is 121 Å². The first-order valence-electron chi connectivity index (χ1n) is 7.09. The van der Waals surface area contributed by atoms with Crippen molar-refractivity contribution in [3.8, 4) is 0 Å². The van der Waals surface area contributed by atoms with Crippen LogP contribution >= 0.6 is 15.9 Å². The molecule has 4 rings (SSSR count). The third-order valence-electron chi connectivity index (χ3n) is 4.46. The number of amides is 1. The molecule has 2 saturated carbocycles.